The standard InChI is InChI=1S/C13H18O3/c1-7-6-9-10(14)5-3-2-4-8-11(9)12(7)16-13(8)15/h7-9,11-12H,2-6H2,1H3/t7-,8-,9+,11-,12+/m0/s1. The summed E-state index contributed by atoms with van der Waals surface area (Å²) in [5, 5.41) is 0. The van der Waals surface area contributed by atoms with Crippen molar-refractivity contribution in [1.29, 1.82) is 0 Å². The fourth-order valence-corrected chi connectivity index (χ4v) is 3.89. The minimum Gasteiger partial charge on any atom is -0.462 e. The van der Waals surface area contributed by atoms with Crippen molar-refractivity contribution in [3.05, 3.63) is 0 Å². The molecule has 3 rings (SSSR count). The Hall–Kier alpha value is -0.860. The second-order valence-electron chi connectivity index (χ2n) is 5.62. The average Bonchev–Trinajstić information content (AvgIpc) is 2.70. The number of rotatable bonds is 0. The molecule has 0 spiro atoms. The van der Waals surface area contributed by atoms with Crippen LogP contribution in [-0.2, 0) is 14.3 Å². The fourth-order valence-electron chi connectivity index (χ4n) is 3.89. The molecule has 0 aromatic heterocycles. The maximum atomic E-state index is 12.1. The fraction of sp³-hybridized carbons (Fsp3) is 0.846. The molecule has 0 unspecified atom stereocenters. The Balaban J connectivity index is 1.94. The van der Waals surface area contributed by atoms with E-state index >= 15 is 0 Å². The maximum absolute atomic E-state index is 12.1. The van der Waals surface area contributed by atoms with E-state index < -0.39 is 0 Å². The summed E-state index contributed by atoms with van der Waals surface area (Å²) >= 11 is 0. The molecule has 3 nitrogen and oxygen atoms in total. The molecule has 0 N–H and O–H groups in total. The van der Waals surface area contributed by atoms with E-state index in [9.17, 15) is 9.59 Å². The van der Waals surface area contributed by atoms with Gasteiger partial charge in [-0.1, -0.05) is 13.3 Å². The number of ether oxygens (including phenoxy) is 1. The number of ketones is 1. The van der Waals surface area contributed by atoms with Gasteiger partial charge in [0.05, 0.1) is 5.92 Å². The number of hydrogen-bond acceptors (Lipinski definition) is 3. The first-order chi connectivity index (χ1) is 7.68. The molecule has 3 fully saturated rings. The molecule has 2 aliphatic carbocycles. The van der Waals surface area contributed by atoms with Crippen molar-refractivity contribution in [3.63, 3.8) is 0 Å². The third-order valence-electron chi connectivity index (χ3n) is 4.65. The first-order valence-electron chi connectivity index (χ1n) is 6.41. The summed E-state index contributed by atoms with van der Waals surface area (Å²) in [6.45, 7) is 2.11. The van der Waals surface area contributed by atoms with Gasteiger partial charge in [-0.05, 0) is 25.2 Å². The lowest BCUT2D eigenvalue weighted by Gasteiger charge is -2.23. The summed E-state index contributed by atoms with van der Waals surface area (Å²) in [6, 6.07) is 0. The van der Waals surface area contributed by atoms with Crippen molar-refractivity contribution in [1.82, 2.24) is 0 Å². The van der Waals surface area contributed by atoms with Crippen LogP contribution in [0.25, 0.3) is 0 Å². The number of Topliss-reactive ketones (excluding diaryl/α,β-unsaturated/α-hetero) is 1. The maximum Gasteiger partial charge on any atom is 0.309 e. The largest absolute Gasteiger partial charge is 0.462 e. The molecule has 0 aromatic rings. The van der Waals surface area contributed by atoms with E-state index in [-0.39, 0.29) is 29.8 Å². The van der Waals surface area contributed by atoms with Crippen LogP contribution in [0.2, 0.25) is 0 Å². The molecule has 1 saturated heterocycles. The van der Waals surface area contributed by atoms with Crippen molar-refractivity contribution < 1.29 is 14.3 Å². The lowest BCUT2D eigenvalue weighted by atomic mass is 9.77. The number of carbonyl (C=O) groups excluding carboxylic acids is 2. The molecule has 3 heteroatoms. The molecule has 3 aliphatic rings. The monoisotopic (exact) mass is 222 g/mol. The van der Waals surface area contributed by atoms with Gasteiger partial charge < -0.3 is 4.74 Å². The van der Waals surface area contributed by atoms with Crippen molar-refractivity contribution in [2.75, 3.05) is 0 Å². The van der Waals surface area contributed by atoms with Crippen LogP contribution < -0.4 is 0 Å². The van der Waals surface area contributed by atoms with Gasteiger partial charge in [0.25, 0.3) is 0 Å². The Morgan fingerprint density at radius 3 is 2.81 bits per heavy atom. The van der Waals surface area contributed by atoms with Crippen molar-refractivity contribution >= 4 is 11.8 Å². The van der Waals surface area contributed by atoms with Gasteiger partial charge in [-0.15, -0.1) is 0 Å². The van der Waals surface area contributed by atoms with Gasteiger partial charge in [0.15, 0.2) is 0 Å². The zero-order valence-corrected chi connectivity index (χ0v) is 9.65. The van der Waals surface area contributed by atoms with Gasteiger partial charge >= 0.3 is 5.97 Å². The van der Waals surface area contributed by atoms with Crippen molar-refractivity contribution in [3.8, 4) is 0 Å². The molecule has 88 valence electrons. The molecule has 16 heavy (non-hydrogen) atoms. The van der Waals surface area contributed by atoms with Crippen molar-refractivity contribution in [2.45, 2.75) is 45.1 Å². The van der Waals surface area contributed by atoms with Gasteiger partial charge in [-0.25, -0.2) is 0 Å². The summed E-state index contributed by atoms with van der Waals surface area (Å²) < 4.78 is 5.48. The summed E-state index contributed by atoms with van der Waals surface area (Å²) in [4.78, 5) is 23.8. The van der Waals surface area contributed by atoms with Crippen LogP contribution in [0.1, 0.15) is 39.0 Å². The molecule has 0 amide bonds. The second kappa shape index (κ2) is 3.57. The van der Waals surface area contributed by atoms with E-state index in [1.165, 1.54) is 0 Å². The number of esters is 1. The van der Waals surface area contributed by atoms with E-state index in [1.807, 2.05) is 0 Å². The van der Waals surface area contributed by atoms with Crippen LogP contribution in [0, 0.1) is 23.7 Å². The Kier molecular flexibility index (Phi) is 2.30. The zero-order chi connectivity index (χ0) is 11.3. The molecule has 2 saturated carbocycles. The average molecular weight is 222 g/mol. The van der Waals surface area contributed by atoms with E-state index in [1.54, 1.807) is 0 Å². The zero-order valence-electron chi connectivity index (χ0n) is 9.65. The van der Waals surface area contributed by atoms with Crippen molar-refractivity contribution in [2.24, 2.45) is 23.7 Å². The number of carbonyl (C=O) groups is 2. The van der Waals surface area contributed by atoms with Gasteiger partial charge in [0.2, 0.25) is 0 Å². The molecular formula is C13H18O3. The highest BCUT2D eigenvalue weighted by Crippen LogP contribution is 2.50. The van der Waals surface area contributed by atoms with E-state index in [4.69, 9.17) is 4.74 Å². The second-order valence-corrected chi connectivity index (χ2v) is 5.62. The first-order valence-corrected chi connectivity index (χ1v) is 6.41. The summed E-state index contributed by atoms with van der Waals surface area (Å²) in [6.07, 6.45) is 4.54. The molecule has 0 radical (unpaired) electrons. The van der Waals surface area contributed by atoms with Crippen LogP contribution in [0.5, 0.6) is 0 Å². The number of hydrogen-bond donors (Lipinski definition) is 0. The molecule has 0 aromatic carbocycles. The Labute approximate surface area is 95.5 Å². The summed E-state index contributed by atoms with van der Waals surface area (Å²) in [5.74, 6) is 1.03. The van der Waals surface area contributed by atoms with Crippen LogP contribution in [0.4, 0.5) is 0 Å². The van der Waals surface area contributed by atoms with Crippen LogP contribution in [0.15, 0.2) is 0 Å². The molecular weight excluding hydrogens is 204 g/mol. The molecule has 0 bridgehead atoms. The minimum atomic E-state index is -0.0405. The van der Waals surface area contributed by atoms with Gasteiger partial charge in [0.1, 0.15) is 11.9 Å². The predicted octanol–water partition coefficient (Wildman–Crippen LogP) is 1.94. The SMILES string of the molecule is C[C@H]1C[C@@H]2C(=O)CCCC[C@@H]3C(=O)O[C@H]1[C@H]23. The van der Waals surface area contributed by atoms with Gasteiger partial charge in [0, 0.05) is 18.3 Å². The third kappa shape index (κ3) is 1.33. The van der Waals surface area contributed by atoms with Gasteiger partial charge in [-0.3, -0.25) is 9.59 Å². The smallest absolute Gasteiger partial charge is 0.309 e. The minimum absolute atomic E-state index is 0.0178. The predicted molar refractivity (Wildman–Crippen MR) is 57.6 cm³/mol. The molecule has 1 aliphatic heterocycles. The van der Waals surface area contributed by atoms with E-state index in [0.29, 0.717) is 18.1 Å². The highest BCUT2D eigenvalue weighted by atomic mass is 16.6. The van der Waals surface area contributed by atoms with Gasteiger partial charge in [-0.2, -0.15) is 0 Å². The topological polar surface area (TPSA) is 43.4 Å². The normalized spacial score (nSPS) is 47.2. The first kappa shape index (κ1) is 10.3. The Morgan fingerprint density at radius 2 is 2.00 bits per heavy atom. The van der Waals surface area contributed by atoms with Crippen LogP contribution in [0.3, 0.4) is 0 Å². The third-order valence-corrected chi connectivity index (χ3v) is 4.65. The Bertz CT molecular complexity index is 336. The van der Waals surface area contributed by atoms with E-state index in [2.05, 4.69) is 6.92 Å². The lowest BCUT2D eigenvalue weighted by Crippen LogP contribution is -2.29. The van der Waals surface area contributed by atoms with Crippen LogP contribution >= 0.6 is 0 Å². The summed E-state index contributed by atoms with van der Waals surface area (Å²) in [7, 11) is 0. The van der Waals surface area contributed by atoms with E-state index in [0.717, 1.165) is 25.7 Å². The lowest BCUT2D eigenvalue weighted by molar-refractivity contribution is -0.145. The highest BCUT2D eigenvalue weighted by Gasteiger charge is 2.56. The Morgan fingerprint density at radius 1 is 1.19 bits per heavy atom. The molecule has 5 atom stereocenters. The summed E-state index contributed by atoms with van der Waals surface area (Å²) in [5.41, 5.74) is 0. The quantitative estimate of drug-likeness (QED) is 0.588. The van der Waals surface area contributed by atoms with Crippen LogP contribution in [-0.4, -0.2) is 17.9 Å². The molecule has 1 heterocycles. The highest BCUT2D eigenvalue weighted by molar-refractivity contribution is 5.84.